The van der Waals surface area contributed by atoms with Crippen molar-refractivity contribution in [3.05, 3.63) is 63.9 Å². The Morgan fingerprint density at radius 3 is 2.41 bits per heavy atom. The summed E-state index contributed by atoms with van der Waals surface area (Å²) in [7, 11) is 0. The zero-order chi connectivity index (χ0) is 15.7. The van der Waals surface area contributed by atoms with E-state index in [1.807, 2.05) is 0 Å². The summed E-state index contributed by atoms with van der Waals surface area (Å²) in [5.74, 6) is -0.646. The SMILES string of the molecule is O=C(c1ccc(O)cc1)n1nc(-c2ccc(F)cc2)sc1=S. The number of aromatic nitrogens is 2. The number of aromatic hydroxyl groups is 1. The van der Waals surface area contributed by atoms with E-state index in [2.05, 4.69) is 5.10 Å². The van der Waals surface area contributed by atoms with Gasteiger partial charge in [-0.05, 0) is 60.7 Å². The minimum absolute atomic E-state index is 0.0745. The summed E-state index contributed by atoms with van der Waals surface area (Å²) in [6, 6.07) is 11.6. The molecule has 0 saturated carbocycles. The molecule has 0 aliphatic heterocycles. The van der Waals surface area contributed by atoms with Crippen LogP contribution in [0, 0.1) is 9.77 Å². The number of carbonyl (C=O) groups excluding carboxylic acids is 1. The van der Waals surface area contributed by atoms with Crippen molar-refractivity contribution in [2.24, 2.45) is 0 Å². The van der Waals surface area contributed by atoms with Gasteiger partial charge in [0.1, 0.15) is 16.6 Å². The predicted octanol–water partition coefficient (Wildman–Crippen LogP) is 3.87. The normalized spacial score (nSPS) is 10.6. The molecule has 7 heteroatoms. The molecule has 0 radical (unpaired) electrons. The maximum absolute atomic E-state index is 13.0. The lowest BCUT2D eigenvalue weighted by molar-refractivity contribution is 0.0944. The molecule has 0 spiro atoms. The summed E-state index contributed by atoms with van der Waals surface area (Å²) in [6.45, 7) is 0. The lowest BCUT2D eigenvalue weighted by Gasteiger charge is -2.00. The van der Waals surface area contributed by atoms with Crippen LogP contribution in [0.3, 0.4) is 0 Å². The summed E-state index contributed by atoms with van der Waals surface area (Å²) in [5, 5.41) is 14.0. The molecule has 3 aromatic rings. The van der Waals surface area contributed by atoms with Crippen molar-refractivity contribution in [3.63, 3.8) is 0 Å². The van der Waals surface area contributed by atoms with Crippen molar-refractivity contribution in [1.29, 1.82) is 0 Å². The smallest absolute Gasteiger partial charge is 0.280 e. The topological polar surface area (TPSA) is 55.1 Å². The Morgan fingerprint density at radius 1 is 1.14 bits per heavy atom. The second-order valence-electron chi connectivity index (χ2n) is 4.44. The second-order valence-corrected chi connectivity index (χ2v) is 6.07. The van der Waals surface area contributed by atoms with Crippen molar-refractivity contribution in [2.75, 3.05) is 0 Å². The van der Waals surface area contributed by atoms with Crippen molar-refractivity contribution >= 4 is 29.5 Å². The van der Waals surface area contributed by atoms with E-state index in [-0.39, 0.29) is 17.5 Å². The molecular weight excluding hydrogens is 323 g/mol. The summed E-state index contributed by atoms with van der Waals surface area (Å²) in [4.78, 5) is 12.4. The number of carbonyl (C=O) groups is 1. The van der Waals surface area contributed by atoms with Crippen molar-refractivity contribution in [3.8, 4) is 16.3 Å². The van der Waals surface area contributed by atoms with Crippen molar-refractivity contribution in [2.45, 2.75) is 0 Å². The quantitative estimate of drug-likeness (QED) is 0.724. The Balaban J connectivity index is 1.98. The van der Waals surface area contributed by atoms with Crippen LogP contribution in [-0.2, 0) is 0 Å². The molecule has 0 unspecified atom stereocenters. The maximum atomic E-state index is 13.0. The fourth-order valence-electron chi connectivity index (χ4n) is 1.84. The first-order chi connectivity index (χ1) is 10.5. The van der Waals surface area contributed by atoms with E-state index < -0.39 is 0 Å². The van der Waals surface area contributed by atoms with Gasteiger partial charge in [0.05, 0.1) is 0 Å². The molecule has 1 aromatic heterocycles. The largest absolute Gasteiger partial charge is 0.508 e. The fraction of sp³-hybridized carbons (Fsp3) is 0. The summed E-state index contributed by atoms with van der Waals surface area (Å²) >= 11 is 6.35. The van der Waals surface area contributed by atoms with E-state index >= 15 is 0 Å². The molecule has 0 aliphatic rings. The molecule has 0 saturated heterocycles. The van der Waals surface area contributed by atoms with Gasteiger partial charge < -0.3 is 5.11 Å². The van der Waals surface area contributed by atoms with Crippen molar-refractivity contribution in [1.82, 2.24) is 9.78 Å². The third kappa shape index (κ3) is 2.81. The molecule has 0 atom stereocenters. The molecule has 0 bridgehead atoms. The second kappa shape index (κ2) is 5.78. The molecule has 1 heterocycles. The Bertz CT molecular complexity index is 883. The van der Waals surface area contributed by atoms with Gasteiger partial charge in [0.15, 0.2) is 3.95 Å². The number of phenols is 1. The maximum Gasteiger partial charge on any atom is 0.280 e. The average Bonchev–Trinajstić information content (AvgIpc) is 2.90. The van der Waals surface area contributed by atoms with Gasteiger partial charge in [-0.2, -0.15) is 9.78 Å². The number of benzene rings is 2. The molecule has 0 fully saturated rings. The molecule has 2 aromatic carbocycles. The van der Waals surface area contributed by atoms with Gasteiger partial charge in [0.2, 0.25) is 0 Å². The molecule has 22 heavy (non-hydrogen) atoms. The van der Waals surface area contributed by atoms with E-state index in [1.165, 1.54) is 47.7 Å². The minimum atomic E-state index is -0.380. The monoisotopic (exact) mass is 332 g/mol. The third-order valence-electron chi connectivity index (χ3n) is 2.95. The van der Waals surface area contributed by atoms with Crippen LogP contribution in [-0.4, -0.2) is 20.8 Å². The third-order valence-corrected chi connectivity index (χ3v) is 4.23. The van der Waals surface area contributed by atoms with Gasteiger partial charge in [-0.3, -0.25) is 4.79 Å². The van der Waals surface area contributed by atoms with E-state index in [1.54, 1.807) is 12.1 Å². The highest BCUT2D eigenvalue weighted by Crippen LogP contribution is 2.24. The van der Waals surface area contributed by atoms with Crippen molar-refractivity contribution < 1.29 is 14.3 Å². The average molecular weight is 332 g/mol. The van der Waals surface area contributed by atoms with Gasteiger partial charge in [0.25, 0.3) is 5.91 Å². The van der Waals surface area contributed by atoms with Gasteiger partial charge in [0, 0.05) is 11.1 Å². The molecular formula is C15H9FN2O2S2. The molecule has 0 amide bonds. The van der Waals surface area contributed by atoms with Gasteiger partial charge in [-0.25, -0.2) is 4.39 Å². The van der Waals surface area contributed by atoms with E-state index in [4.69, 9.17) is 12.2 Å². The van der Waals surface area contributed by atoms with Crippen LogP contribution in [0.1, 0.15) is 10.4 Å². The number of nitrogens with zero attached hydrogens (tertiary/aromatic N) is 2. The van der Waals surface area contributed by atoms with E-state index in [9.17, 15) is 14.3 Å². The number of phenolic OH excluding ortho intramolecular Hbond substituents is 1. The lowest BCUT2D eigenvalue weighted by Crippen LogP contribution is -2.13. The Hall–Kier alpha value is -2.38. The zero-order valence-corrected chi connectivity index (χ0v) is 12.7. The summed E-state index contributed by atoms with van der Waals surface area (Å²) in [5.41, 5.74) is 1.06. The number of hydrogen-bond acceptors (Lipinski definition) is 5. The van der Waals surface area contributed by atoms with Gasteiger partial charge in [-0.1, -0.05) is 11.3 Å². The molecule has 110 valence electrons. The molecule has 0 aliphatic carbocycles. The van der Waals surface area contributed by atoms with Gasteiger partial charge in [-0.15, -0.1) is 0 Å². The highest BCUT2D eigenvalue weighted by Gasteiger charge is 2.14. The molecule has 3 rings (SSSR count). The van der Waals surface area contributed by atoms with Crippen LogP contribution in [0.2, 0.25) is 0 Å². The number of rotatable bonds is 2. The van der Waals surface area contributed by atoms with Crippen LogP contribution in [0.15, 0.2) is 48.5 Å². The Labute approximate surface area is 134 Å². The summed E-state index contributed by atoms with van der Waals surface area (Å²) < 4.78 is 14.4. The first-order valence-corrected chi connectivity index (χ1v) is 7.47. The first-order valence-electron chi connectivity index (χ1n) is 6.24. The van der Waals surface area contributed by atoms with Crippen LogP contribution in [0.4, 0.5) is 4.39 Å². The molecule has 4 nitrogen and oxygen atoms in total. The number of hydrogen-bond donors (Lipinski definition) is 1. The van der Waals surface area contributed by atoms with E-state index in [0.717, 1.165) is 4.68 Å². The van der Waals surface area contributed by atoms with Gasteiger partial charge >= 0.3 is 0 Å². The highest BCUT2D eigenvalue weighted by molar-refractivity contribution is 7.73. The zero-order valence-electron chi connectivity index (χ0n) is 11.1. The van der Waals surface area contributed by atoms with Crippen LogP contribution in [0.25, 0.3) is 10.6 Å². The van der Waals surface area contributed by atoms with E-state index in [0.29, 0.717) is 20.1 Å². The Kier molecular flexibility index (Phi) is 3.82. The standard InChI is InChI=1S/C15H9FN2O2S2/c16-11-5-1-9(2-6-11)13-17-18(15(21)22-13)14(20)10-3-7-12(19)8-4-10/h1-8,19H. The molecule has 1 N–H and O–H groups in total. The van der Waals surface area contributed by atoms with Crippen LogP contribution >= 0.6 is 23.6 Å². The summed E-state index contributed by atoms with van der Waals surface area (Å²) in [6.07, 6.45) is 0. The number of halogens is 1. The Morgan fingerprint density at radius 2 is 1.77 bits per heavy atom. The first kappa shape index (κ1) is 14.6. The van der Waals surface area contributed by atoms with Crippen LogP contribution in [0.5, 0.6) is 5.75 Å². The highest BCUT2D eigenvalue weighted by atomic mass is 32.1. The predicted molar refractivity (Wildman–Crippen MR) is 84.2 cm³/mol. The minimum Gasteiger partial charge on any atom is -0.508 e. The van der Waals surface area contributed by atoms with Crippen LogP contribution < -0.4 is 0 Å². The fourth-order valence-corrected chi connectivity index (χ4v) is 2.95. The lowest BCUT2D eigenvalue weighted by atomic mass is 10.2.